The molecule has 3 heteroatoms. The Morgan fingerprint density at radius 1 is 1.45 bits per heavy atom. The summed E-state index contributed by atoms with van der Waals surface area (Å²) in [6.45, 7) is 6.58. The molecule has 0 bridgehead atoms. The van der Waals surface area contributed by atoms with E-state index in [4.69, 9.17) is 0 Å². The van der Waals surface area contributed by atoms with Crippen molar-refractivity contribution in [3.8, 4) is 0 Å². The van der Waals surface area contributed by atoms with E-state index in [1.54, 1.807) is 13.8 Å². The van der Waals surface area contributed by atoms with E-state index in [9.17, 15) is 9.59 Å². The summed E-state index contributed by atoms with van der Waals surface area (Å²) in [5.41, 5.74) is -0.701. The minimum atomic E-state index is -0.701. The average molecular weight is 157 g/mol. The Morgan fingerprint density at radius 3 is 2.18 bits per heavy atom. The van der Waals surface area contributed by atoms with Gasteiger partial charge in [0.2, 0.25) is 0 Å². The number of rotatable bonds is 3. The van der Waals surface area contributed by atoms with Crippen LogP contribution < -0.4 is 0 Å². The Kier molecular flexibility index (Phi) is 3.23. The number of esters is 1. The van der Waals surface area contributed by atoms with E-state index in [2.05, 4.69) is 11.7 Å². The van der Waals surface area contributed by atoms with Crippen LogP contribution in [0.3, 0.4) is 0 Å². The highest BCUT2D eigenvalue weighted by molar-refractivity contribution is 5.91. The lowest BCUT2D eigenvalue weighted by molar-refractivity contribution is -0.145. The molecule has 3 nitrogen and oxygen atoms in total. The van der Waals surface area contributed by atoms with Crippen molar-refractivity contribution in [1.29, 1.82) is 0 Å². The normalized spacial score (nSPS) is 10.9. The fourth-order valence-electron chi connectivity index (χ4n) is 0.532. The van der Waals surface area contributed by atoms with E-state index in [0.717, 1.165) is 0 Å². The van der Waals surface area contributed by atoms with Crippen LogP contribution >= 0.6 is 0 Å². The highest BCUT2D eigenvalue weighted by atomic mass is 16.5. The van der Waals surface area contributed by atoms with E-state index in [0.29, 0.717) is 0 Å². The molecule has 0 fully saturated rings. The minimum Gasteiger partial charge on any atom is -0.469 e. The summed E-state index contributed by atoms with van der Waals surface area (Å²) >= 11 is 0. The highest BCUT2D eigenvalue weighted by Gasteiger charge is 2.27. The number of hydrogen-bond acceptors (Lipinski definition) is 3. The maximum Gasteiger partial charge on any atom is 0.306 e. The monoisotopic (exact) mass is 157 g/mol. The first-order valence-corrected chi connectivity index (χ1v) is 3.33. The molecule has 1 radical (unpaired) electrons. The van der Waals surface area contributed by atoms with Crippen molar-refractivity contribution >= 4 is 11.8 Å². The first-order chi connectivity index (χ1) is 4.90. The zero-order chi connectivity index (χ0) is 9.07. The number of ether oxygens (including phenoxy) is 1. The van der Waals surface area contributed by atoms with Crippen LogP contribution in [0, 0.1) is 12.3 Å². The first kappa shape index (κ1) is 10.1. The third kappa shape index (κ3) is 3.16. The van der Waals surface area contributed by atoms with Crippen LogP contribution in [0.25, 0.3) is 0 Å². The number of methoxy groups -OCH3 is 1. The second kappa shape index (κ2) is 3.51. The van der Waals surface area contributed by atoms with Crippen molar-refractivity contribution in [2.24, 2.45) is 5.41 Å². The number of Topliss-reactive ketones (excluding diaryl/α,β-unsaturated/α-hetero) is 1. The molecule has 0 N–H and O–H groups in total. The Bertz CT molecular complexity index is 170. The molecule has 0 rings (SSSR count). The van der Waals surface area contributed by atoms with Crippen molar-refractivity contribution in [3.05, 3.63) is 6.92 Å². The Hall–Kier alpha value is -0.860. The van der Waals surface area contributed by atoms with Gasteiger partial charge in [0.15, 0.2) is 0 Å². The van der Waals surface area contributed by atoms with Crippen LogP contribution in [0.5, 0.6) is 0 Å². The lowest BCUT2D eigenvalue weighted by Crippen LogP contribution is -2.25. The third-order valence-electron chi connectivity index (χ3n) is 1.57. The predicted octanol–water partition coefficient (Wildman–Crippen LogP) is 0.979. The van der Waals surface area contributed by atoms with Gasteiger partial charge in [0.1, 0.15) is 5.78 Å². The van der Waals surface area contributed by atoms with Gasteiger partial charge in [0.05, 0.1) is 13.5 Å². The molecular formula is C8H13O3. The van der Waals surface area contributed by atoms with Crippen LogP contribution in [-0.2, 0) is 14.3 Å². The molecule has 0 spiro atoms. The van der Waals surface area contributed by atoms with E-state index < -0.39 is 5.41 Å². The molecule has 0 saturated heterocycles. The number of hydrogen-bond donors (Lipinski definition) is 0. The summed E-state index contributed by atoms with van der Waals surface area (Å²) in [4.78, 5) is 21.5. The molecule has 0 atom stereocenters. The molecule has 0 aromatic heterocycles. The van der Waals surface area contributed by atoms with Gasteiger partial charge in [-0.05, 0) is 0 Å². The maximum absolute atomic E-state index is 10.8. The first-order valence-electron chi connectivity index (χ1n) is 3.33. The molecule has 0 aromatic carbocycles. The largest absolute Gasteiger partial charge is 0.469 e. The Balaban J connectivity index is 4.12. The van der Waals surface area contributed by atoms with Crippen molar-refractivity contribution in [3.63, 3.8) is 0 Å². The molecule has 0 amide bonds. The van der Waals surface area contributed by atoms with E-state index >= 15 is 0 Å². The van der Waals surface area contributed by atoms with Gasteiger partial charge in [-0.3, -0.25) is 9.59 Å². The molecule has 11 heavy (non-hydrogen) atoms. The molecule has 0 heterocycles. The van der Waals surface area contributed by atoms with Crippen LogP contribution in [0.15, 0.2) is 0 Å². The SMILES string of the molecule is [CH2]C(=O)C(C)(C)CC(=O)OC. The van der Waals surface area contributed by atoms with Crippen molar-refractivity contribution in [2.75, 3.05) is 7.11 Å². The van der Waals surface area contributed by atoms with E-state index in [1.807, 2.05) is 0 Å². The van der Waals surface area contributed by atoms with Crippen molar-refractivity contribution < 1.29 is 14.3 Å². The van der Waals surface area contributed by atoms with Crippen LogP contribution in [-0.4, -0.2) is 18.9 Å². The summed E-state index contributed by atoms with van der Waals surface area (Å²) in [5, 5.41) is 0. The zero-order valence-corrected chi connectivity index (χ0v) is 7.14. The van der Waals surface area contributed by atoms with Crippen molar-refractivity contribution in [1.82, 2.24) is 0 Å². The van der Waals surface area contributed by atoms with Crippen molar-refractivity contribution in [2.45, 2.75) is 20.3 Å². The van der Waals surface area contributed by atoms with Gasteiger partial charge in [0.25, 0.3) is 0 Å². The number of carbonyl (C=O) groups is 2. The van der Waals surface area contributed by atoms with Gasteiger partial charge in [-0.2, -0.15) is 0 Å². The average Bonchev–Trinajstić information content (AvgIpc) is 1.86. The Labute approximate surface area is 66.7 Å². The number of carbonyl (C=O) groups excluding carboxylic acids is 2. The van der Waals surface area contributed by atoms with Gasteiger partial charge < -0.3 is 4.74 Å². The summed E-state index contributed by atoms with van der Waals surface area (Å²) < 4.78 is 4.42. The third-order valence-corrected chi connectivity index (χ3v) is 1.57. The molecule has 0 aliphatic heterocycles. The molecule has 0 aromatic rings. The minimum absolute atomic E-state index is 0.0891. The molecule has 0 unspecified atom stereocenters. The van der Waals surface area contributed by atoms with E-state index in [-0.39, 0.29) is 18.2 Å². The summed E-state index contributed by atoms with van der Waals surface area (Å²) in [6, 6.07) is 0. The summed E-state index contributed by atoms with van der Waals surface area (Å²) in [7, 11) is 1.30. The second-order valence-corrected chi connectivity index (χ2v) is 3.06. The molecule has 63 valence electrons. The van der Waals surface area contributed by atoms with E-state index in [1.165, 1.54) is 7.11 Å². The van der Waals surface area contributed by atoms with Gasteiger partial charge in [-0.1, -0.05) is 13.8 Å². The standard InChI is InChI=1S/C8H13O3/c1-6(9)8(2,3)5-7(10)11-4/h1,5H2,2-4H3. The fourth-order valence-corrected chi connectivity index (χ4v) is 0.532. The lowest BCUT2D eigenvalue weighted by atomic mass is 9.85. The maximum atomic E-state index is 10.8. The fraction of sp³-hybridized carbons (Fsp3) is 0.625. The van der Waals surface area contributed by atoms with Crippen LogP contribution in [0.4, 0.5) is 0 Å². The summed E-state index contributed by atoms with van der Waals surface area (Å²) in [6.07, 6.45) is 0.0891. The molecule has 0 aliphatic carbocycles. The smallest absolute Gasteiger partial charge is 0.306 e. The predicted molar refractivity (Wildman–Crippen MR) is 40.8 cm³/mol. The van der Waals surface area contributed by atoms with Crippen LogP contribution in [0.1, 0.15) is 20.3 Å². The lowest BCUT2D eigenvalue weighted by Gasteiger charge is -2.18. The molecular weight excluding hydrogens is 144 g/mol. The zero-order valence-electron chi connectivity index (χ0n) is 7.14. The van der Waals surface area contributed by atoms with Gasteiger partial charge in [-0.25, -0.2) is 0 Å². The molecule has 0 aliphatic rings. The van der Waals surface area contributed by atoms with Crippen LogP contribution in [0.2, 0.25) is 0 Å². The van der Waals surface area contributed by atoms with Gasteiger partial charge in [-0.15, -0.1) is 0 Å². The van der Waals surface area contributed by atoms with Gasteiger partial charge in [0, 0.05) is 12.3 Å². The summed E-state index contributed by atoms with van der Waals surface area (Å²) in [5.74, 6) is -0.630. The number of ketones is 1. The topological polar surface area (TPSA) is 43.4 Å². The second-order valence-electron chi connectivity index (χ2n) is 3.06. The van der Waals surface area contributed by atoms with Gasteiger partial charge >= 0.3 is 5.97 Å². The highest BCUT2D eigenvalue weighted by Crippen LogP contribution is 2.21. The quantitative estimate of drug-likeness (QED) is 0.573. The Morgan fingerprint density at radius 2 is 1.91 bits per heavy atom. The molecule has 0 saturated carbocycles.